The molecule has 1 aromatic carbocycles. The molecule has 1 atom stereocenters. The number of aryl methyl sites for hydroxylation is 1. The van der Waals surface area contributed by atoms with E-state index < -0.39 is 0 Å². The van der Waals surface area contributed by atoms with Gasteiger partial charge in [-0.1, -0.05) is 31.2 Å². The highest BCUT2D eigenvalue weighted by atomic mass is 16.1. The van der Waals surface area contributed by atoms with Crippen molar-refractivity contribution in [1.82, 2.24) is 5.32 Å². The number of Topliss-reactive ketones (excluding diaryl/α,β-unsaturated/α-hetero) is 1. The molecule has 0 aromatic heterocycles. The van der Waals surface area contributed by atoms with Crippen LogP contribution in [0, 0.1) is 0 Å². The second-order valence-electron chi connectivity index (χ2n) is 4.08. The first kappa shape index (κ1) is 10.4. The Kier molecular flexibility index (Phi) is 3.17. The maximum atomic E-state index is 12.0. The lowest BCUT2D eigenvalue weighted by Gasteiger charge is -2.13. The van der Waals surface area contributed by atoms with Crippen molar-refractivity contribution in [3.05, 3.63) is 35.4 Å². The van der Waals surface area contributed by atoms with Gasteiger partial charge in [-0.05, 0) is 24.9 Å². The minimum Gasteiger partial charge on any atom is -0.314 e. The quantitative estimate of drug-likeness (QED) is 0.746. The molecule has 0 spiro atoms. The summed E-state index contributed by atoms with van der Waals surface area (Å²) in [7, 11) is 0. The monoisotopic (exact) mass is 203 g/mol. The zero-order chi connectivity index (χ0) is 10.7. The predicted octanol–water partition coefficient (Wildman–Crippen LogP) is 2.18. The van der Waals surface area contributed by atoms with E-state index in [1.807, 2.05) is 18.2 Å². The van der Waals surface area contributed by atoms with E-state index in [2.05, 4.69) is 18.3 Å². The molecular weight excluding hydrogens is 186 g/mol. The Balaban J connectivity index is 2.21. The number of nitrogens with one attached hydrogen (secondary N) is 1. The van der Waals surface area contributed by atoms with Crippen molar-refractivity contribution in [3.8, 4) is 0 Å². The van der Waals surface area contributed by atoms with Crippen LogP contribution < -0.4 is 5.32 Å². The van der Waals surface area contributed by atoms with Gasteiger partial charge in [0.15, 0.2) is 5.78 Å². The van der Waals surface area contributed by atoms with Crippen molar-refractivity contribution < 1.29 is 4.79 Å². The zero-order valence-corrected chi connectivity index (χ0v) is 9.12. The Hall–Kier alpha value is -1.15. The average Bonchev–Trinajstić information content (AvgIpc) is 2.40. The molecule has 2 heteroatoms. The Morgan fingerprint density at radius 3 is 3.00 bits per heavy atom. The van der Waals surface area contributed by atoms with Crippen molar-refractivity contribution >= 4 is 5.78 Å². The van der Waals surface area contributed by atoms with Gasteiger partial charge in [0.1, 0.15) is 0 Å². The van der Waals surface area contributed by atoms with Crippen LogP contribution in [0.5, 0.6) is 0 Å². The van der Waals surface area contributed by atoms with Crippen LogP contribution in [0.1, 0.15) is 35.7 Å². The van der Waals surface area contributed by atoms with Gasteiger partial charge in [-0.2, -0.15) is 0 Å². The normalized spacial score (nSPS) is 20.9. The van der Waals surface area contributed by atoms with Crippen molar-refractivity contribution in [2.45, 2.75) is 32.2 Å². The molecule has 15 heavy (non-hydrogen) atoms. The molecule has 1 aliphatic rings. The summed E-state index contributed by atoms with van der Waals surface area (Å²) >= 11 is 0. The van der Waals surface area contributed by atoms with Gasteiger partial charge in [-0.15, -0.1) is 0 Å². The van der Waals surface area contributed by atoms with Crippen LogP contribution in [0.4, 0.5) is 0 Å². The molecular formula is C13H17NO. The van der Waals surface area contributed by atoms with E-state index in [0.29, 0.717) is 12.5 Å². The van der Waals surface area contributed by atoms with E-state index >= 15 is 0 Å². The van der Waals surface area contributed by atoms with Gasteiger partial charge in [-0.3, -0.25) is 4.79 Å². The molecule has 0 aliphatic heterocycles. The lowest BCUT2D eigenvalue weighted by Crippen LogP contribution is -2.30. The number of hydrogen-bond donors (Lipinski definition) is 1. The first-order valence-corrected chi connectivity index (χ1v) is 5.65. The smallest absolute Gasteiger partial charge is 0.164 e. The highest BCUT2D eigenvalue weighted by molar-refractivity contribution is 5.98. The molecule has 0 fully saturated rings. The largest absolute Gasteiger partial charge is 0.314 e. The standard InChI is InChI=1S/C13H17NO/c1-2-14-11-8-7-10-5-3-4-6-12(10)13(15)9-11/h3-6,11,14H,2,7-9H2,1H3. The molecule has 0 amide bonds. The molecule has 0 radical (unpaired) electrons. The third-order valence-electron chi connectivity index (χ3n) is 3.00. The molecule has 1 aliphatic carbocycles. The molecule has 0 saturated carbocycles. The van der Waals surface area contributed by atoms with Crippen LogP contribution in [0.25, 0.3) is 0 Å². The van der Waals surface area contributed by atoms with Gasteiger partial charge in [0, 0.05) is 18.0 Å². The SMILES string of the molecule is CCNC1CCc2ccccc2C(=O)C1. The van der Waals surface area contributed by atoms with Crippen molar-refractivity contribution in [2.75, 3.05) is 6.54 Å². The average molecular weight is 203 g/mol. The van der Waals surface area contributed by atoms with Crippen molar-refractivity contribution in [1.29, 1.82) is 0 Å². The van der Waals surface area contributed by atoms with E-state index in [9.17, 15) is 4.79 Å². The minimum absolute atomic E-state index is 0.286. The van der Waals surface area contributed by atoms with Gasteiger partial charge in [-0.25, -0.2) is 0 Å². The minimum atomic E-state index is 0.286. The maximum absolute atomic E-state index is 12.0. The molecule has 2 nitrogen and oxygen atoms in total. The molecule has 1 N–H and O–H groups in total. The predicted molar refractivity (Wildman–Crippen MR) is 61.2 cm³/mol. The summed E-state index contributed by atoms with van der Waals surface area (Å²) in [5.41, 5.74) is 2.14. The van der Waals surface area contributed by atoms with E-state index in [4.69, 9.17) is 0 Å². The Bertz CT molecular complexity index is 359. The van der Waals surface area contributed by atoms with E-state index in [1.165, 1.54) is 5.56 Å². The Morgan fingerprint density at radius 2 is 2.20 bits per heavy atom. The first-order chi connectivity index (χ1) is 7.31. The summed E-state index contributed by atoms with van der Waals surface area (Å²) < 4.78 is 0. The van der Waals surface area contributed by atoms with Crippen LogP contribution in [-0.2, 0) is 6.42 Å². The Morgan fingerprint density at radius 1 is 1.40 bits per heavy atom. The number of benzene rings is 1. The molecule has 1 aromatic rings. The number of ketones is 1. The summed E-state index contributed by atoms with van der Waals surface area (Å²) in [5.74, 6) is 0.286. The molecule has 0 heterocycles. The van der Waals surface area contributed by atoms with Crippen LogP contribution in [0.15, 0.2) is 24.3 Å². The Labute approximate surface area is 90.7 Å². The summed E-state index contributed by atoms with van der Waals surface area (Å²) in [5, 5.41) is 3.37. The van der Waals surface area contributed by atoms with Gasteiger partial charge in [0.2, 0.25) is 0 Å². The topological polar surface area (TPSA) is 29.1 Å². The van der Waals surface area contributed by atoms with Gasteiger partial charge < -0.3 is 5.32 Å². The van der Waals surface area contributed by atoms with E-state index in [0.717, 1.165) is 24.9 Å². The van der Waals surface area contributed by atoms with Gasteiger partial charge in [0.25, 0.3) is 0 Å². The summed E-state index contributed by atoms with van der Waals surface area (Å²) in [4.78, 5) is 12.0. The van der Waals surface area contributed by atoms with Gasteiger partial charge >= 0.3 is 0 Å². The fourth-order valence-corrected chi connectivity index (χ4v) is 2.24. The first-order valence-electron chi connectivity index (χ1n) is 5.65. The van der Waals surface area contributed by atoms with Crippen molar-refractivity contribution in [3.63, 3.8) is 0 Å². The molecule has 80 valence electrons. The van der Waals surface area contributed by atoms with E-state index in [-0.39, 0.29) is 5.78 Å². The fraction of sp³-hybridized carbons (Fsp3) is 0.462. The third-order valence-corrected chi connectivity index (χ3v) is 3.00. The molecule has 0 bridgehead atoms. The van der Waals surface area contributed by atoms with Gasteiger partial charge in [0.05, 0.1) is 0 Å². The fourth-order valence-electron chi connectivity index (χ4n) is 2.24. The highest BCUT2D eigenvalue weighted by Gasteiger charge is 2.20. The number of carbonyl (C=O) groups is 1. The number of carbonyl (C=O) groups excluding carboxylic acids is 1. The van der Waals surface area contributed by atoms with Crippen LogP contribution in [0.2, 0.25) is 0 Å². The number of hydrogen-bond acceptors (Lipinski definition) is 2. The van der Waals surface area contributed by atoms with Crippen LogP contribution >= 0.6 is 0 Å². The van der Waals surface area contributed by atoms with Crippen LogP contribution in [-0.4, -0.2) is 18.4 Å². The lowest BCUT2D eigenvalue weighted by atomic mass is 10.0. The lowest BCUT2D eigenvalue weighted by molar-refractivity contribution is 0.0971. The molecule has 0 saturated heterocycles. The maximum Gasteiger partial charge on any atom is 0.164 e. The second kappa shape index (κ2) is 4.58. The zero-order valence-electron chi connectivity index (χ0n) is 9.12. The second-order valence-corrected chi connectivity index (χ2v) is 4.08. The van der Waals surface area contributed by atoms with E-state index in [1.54, 1.807) is 0 Å². The number of fused-ring (bicyclic) bond motifs is 1. The molecule has 1 unspecified atom stereocenters. The number of rotatable bonds is 2. The molecule has 2 rings (SSSR count). The summed E-state index contributed by atoms with van der Waals surface area (Å²) in [6.45, 7) is 3.02. The highest BCUT2D eigenvalue weighted by Crippen LogP contribution is 2.20. The summed E-state index contributed by atoms with van der Waals surface area (Å²) in [6.07, 6.45) is 2.72. The van der Waals surface area contributed by atoms with Crippen molar-refractivity contribution in [2.24, 2.45) is 0 Å². The van der Waals surface area contributed by atoms with Crippen LogP contribution in [0.3, 0.4) is 0 Å². The third kappa shape index (κ3) is 2.26. The summed E-state index contributed by atoms with van der Waals surface area (Å²) in [6, 6.07) is 8.34.